The third-order valence-electron chi connectivity index (χ3n) is 5.64. The van der Waals surface area contributed by atoms with Crippen LogP contribution in [0, 0.1) is 12.3 Å². The Bertz CT molecular complexity index is 652. The van der Waals surface area contributed by atoms with Crippen molar-refractivity contribution in [3.05, 3.63) is 29.3 Å². The van der Waals surface area contributed by atoms with Crippen LogP contribution in [-0.2, 0) is 16.0 Å². The van der Waals surface area contributed by atoms with Gasteiger partial charge in [0.1, 0.15) is 11.9 Å². The van der Waals surface area contributed by atoms with Crippen LogP contribution in [0.4, 0.5) is 0 Å². The molecular weight excluding hydrogens is 354 g/mol. The minimum atomic E-state index is 0.151. The first-order valence-electron chi connectivity index (χ1n) is 10.5. The Kier molecular flexibility index (Phi) is 7.57. The molecule has 1 aliphatic carbocycles. The summed E-state index contributed by atoms with van der Waals surface area (Å²) in [6, 6.07) is 6.36. The van der Waals surface area contributed by atoms with Crippen LogP contribution in [0.5, 0.6) is 5.75 Å². The van der Waals surface area contributed by atoms with Crippen molar-refractivity contribution in [3.63, 3.8) is 0 Å². The minimum absolute atomic E-state index is 0.151. The number of nitrogens with one attached hydrogen (secondary N) is 2. The maximum absolute atomic E-state index is 6.19. The van der Waals surface area contributed by atoms with Crippen molar-refractivity contribution in [3.8, 4) is 5.75 Å². The zero-order chi connectivity index (χ0) is 19.8. The third kappa shape index (κ3) is 6.11. The van der Waals surface area contributed by atoms with Gasteiger partial charge in [0, 0.05) is 45.3 Å². The molecule has 0 spiro atoms. The molecule has 2 N–H and O–H groups in total. The highest BCUT2D eigenvalue weighted by atomic mass is 16.5. The maximum Gasteiger partial charge on any atom is 0.191 e. The van der Waals surface area contributed by atoms with E-state index >= 15 is 0 Å². The molecule has 1 aromatic carbocycles. The van der Waals surface area contributed by atoms with E-state index in [0.717, 1.165) is 56.5 Å². The van der Waals surface area contributed by atoms with E-state index in [4.69, 9.17) is 14.2 Å². The summed E-state index contributed by atoms with van der Waals surface area (Å²) in [7, 11) is 1.82. The lowest BCUT2D eigenvalue weighted by atomic mass is 10.0. The van der Waals surface area contributed by atoms with Crippen LogP contribution < -0.4 is 15.4 Å². The molecule has 0 radical (unpaired) electrons. The van der Waals surface area contributed by atoms with Gasteiger partial charge >= 0.3 is 0 Å². The Morgan fingerprint density at radius 1 is 1.32 bits per heavy atom. The summed E-state index contributed by atoms with van der Waals surface area (Å²) in [5.41, 5.74) is 2.72. The molecule has 156 valence electrons. The fraction of sp³-hybridized carbons (Fsp3) is 0.682. The number of hydrogen-bond acceptors (Lipinski definition) is 4. The molecule has 1 unspecified atom stereocenters. The summed E-state index contributed by atoms with van der Waals surface area (Å²) in [5, 5.41) is 6.93. The zero-order valence-corrected chi connectivity index (χ0v) is 17.6. The largest absolute Gasteiger partial charge is 0.488 e. The van der Waals surface area contributed by atoms with E-state index < -0.39 is 0 Å². The molecule has 1 saturated heterocycles. The second-order valence-electron chi connectivity index (χ2n) is 7.94. The summed E-state index contributed by atoms with van der Waals surface area (Å²) < 4.78 is 17.2. The molecule has 1 heterocycles. The molecule has 2 fully saturated rings. The van der Waals surface area contributed by atoms with Gasteiger partial charge in [-0.3, -0.25) is 4.99 Å². The molecular formula is C22H35N3O3. The highest BCUT2D eigenvalue weighted by molar-refractivity contribution is 5.79. The zero-order valence-electron chi connectivity index (χ0n) is 17.6. The second kappa shape index (κ2) is 10.1. The van der Waals surface area contributed by atoms with Gasteiger partial charge in [0.15, 0.2) is 5.96 Å². The normalized spacial score (nSPS) is 20.8. The maximum atomic E-state index is 6.19. The van der Waals surface area contributed by atoms with Crippen LogP contribution >= 0.6 is 0 Å². The number of guanidine groups is 1. The van der Waals surface area contributed by atoms with Crippen molar-refractivity contribution in [2.24, 2.45) is 10.4 Å². The standard InChI is InChI=1S/C22H35N3O3/c1-4-26-12-10-22(8-9-22)16-25-21(23-3)24-14-18-6-5-17(2)13-20(18)28-19-7-11-27-15-19/h5-6,13,19H,4,7-12,14-16H2,1-3H3,(H2,23,24,25). The van der Waals surface area contributed by atoms with E-state index in [9.17, 15) is 0 Å². The molecule has 0 amide bonds. The Morgan fingerprint density at radius 2 is 2.18 bits per heavy atom. The Labute approximate surface area is 169 Å². The SMILES string of the molecule is CCOCCC1(CNC(=NC)NCc2ccc(C)cc2OC2CCOC2)CC1. The number of benzene rings is 1. The van der Waals surface area contributed by atoms with Crippen LogP contribution in [-0.4, -0.2) is 52.1 Å². The molecule has 3 rings (SSSR count). The van der Waals surface area contributed by atoms with Gasteiger partial charge in [0.25, 0.3) is 0 Å². The summed E-state index contributed by atoms with van der Waals surface area (Å²) in [5.74, 6) is 1.77. The Morgan fingerprint density at radius 3 is 2.86 bits per heavy atom. The number of ether oxygens (including phenoxy) is 3. The van der Waals surface area contributed by atoms with Gasteiger partial charge in [-0.2, -0.15) is 0 Å². The molecule has 6 heteroatoms. The average Bonchev–Trinajstić information content (AvgIpc) is 3.27. The summed E-state index contributed by atoms with van der Waals surface area (Å²) >= 11 is 0. The van der Waals surface area contributed by atoms with E-state index in [2.05, 4.69) is 40.7 Å². The molecule has 28 heavy (non-hydrogen) atoms. The predicted molar refractivity (Wildman–Crippen MR) is 112 cm³/mol. The van der Waals surface area contributed by atoms with Crippen molar-refractivity contribution in [2.75, 3.05) is 40.0 Å². The van der Waals surface area contributed by atoms with E-state index in [-0.39, 0.29) is 6.10 Å². The first-order chi connectivity index (χ1) is 13.6. The highest BCUT2D eigenvalue weighted by Gasteiger charge is 2.41. The van der Waals surface area contributed by atoms with Gasteiger partial charge in [-0.25, -0.2) is 0 Å². The van der Waals surface area contributed by atoms with Crippen LogP contribution in [0.1, 0.15) is 43.7 Å². The van der Waals surface area contributed by atoms with Gasteiger partial charge in [0.05, 0.1) is 13.2 Å². The van der Waals surface area contributed by atoms with Crippen LogP contribution in [0.3, 0.4) is 0 Å². The van der Waals surface area contributed by atoms with Crippen LogP contribution in [0.25, 0.3) is 0 Å². The van der Waals surface area contributed by atoms with E-state index in [1.165, 1.54) is 18.4 Å². The molecule has 0 bridgehead atoms. The Hall–Kier alpha value is -1.79. The van der Waals surface area contributed by atoms with E-state index in [1.54, 1.807) is 0 Å². The number of rotatable bonds is 10. The number of aryl methyl sites for hydroxylation is 1. The van der Waals surface area contributed by atoms with Crippen molar-refractivity contribution < 1.29 is 14.2 Å². The second-order valence-corrected chi connectivity index (χ2v) is 7.94. The summed E-state index contributed by atoms with van der Waals surface area (Å²) in [6.45, 7) is 8.85. The van der Waals surface area contributed by atoms with Crippen molar-refractivity contribution in [2.45, 2.75) is 52.2 Å². The first kappa shape index (κ1) is 20.9. The lowest BCUT2D eigenvalue weighted by Crippen LogP contribution is -2.40. The average molecular weight is 390 g/mol. The lowest BCUT2D eigenvalue weighted by Gasteiger charge is -2.20. The molecule has 1 aromatic rings. The van der Waals surface area contributed by atoms with Gasteiger partial charge in [-0.1, -0.05) is 12.1 Å². The quantitative estimate of drug-likeness (QED) is 0.366. The molecule has 1 atom stereocenters. The fourth-order valence-corrected chi connectivity index (χ4v) is 3.50. The van der Waals surface area contributed by atoms with Crippen LogP contribution in [0.15, 0.2) is 23.2 Å². The monoisotopic (exact) mass is 389 g/mol. The number of nitrogens with zero attached hydrogens (tertiary/aromatic N) is 1. The molecule has 2 aliphatic rings. The van der Waals surface area contributed by atoms with E-state index in [0.29, 0.717) is 18.6 Å². The van der Waals surface area contributed by atoms with Gasteiger partial charge in [-0.05, 0) is 50.2 Å². The fourth-order valence-electron chi connectivity index (χ4n) is 3.50. The lowest BCUT2D eigenvalue weighted by molar-refractivity contribution is 0.128. The van der Waals surface area contributed by atoms with Crippen molar-refractivity contribution >= 4 is 5.96 Å². The third-order valence-corrected chi connectivity index (χ3v) is 5.64. The van der Waals surface area contributed by atoms with Gasteiger partial charge in [-0.15, -0.1) is 0 Å². The van der Waals surface area contributed by atoms with Crippen molar-refractivity contribution in [1.82, 2.24) is 10.6 Å². The molecule has 0 aromatic heterocycles. The molecule has 6 nitrogen and oxygen atoms in total. The van der Waals surface area contributed by atoms with Crippen LogP contribution in [0.2, 0.25) is 0 Å². The minimum Gasteiger partial charge on any atom is -0.488 e. The molecule has 1 saturated carbocycles. The molecule has 1 aliphatic heterocycles. The van der Waals surface area contributed by atoms with Gasteiger partial charge in [0.2, 0.25) is 0 Å². The number of aliphatic imine (C=N–C) groups is 1. The first-order valence-corrected chi connectivity index (χ1v) is 10.5. The Balaban J connectivity index is 1.50. The number of hydrogen-bond donors (Lipinski definition) is 2. The summed E-state index contributed by atoms with van der Waals surface area (Å²) in [4.78, 5) is 4.38. The van der Waals surface area contributed by atoms with Crippen molar-refractivity contribution in [1.29, 1.82) is 0 Å². The van der Waals surface area contributed by atoms with Gasteiger partial charge < -0.3 is 24.8 Å². The highest BCUT2D eigenvalue weighted by Crippen LogP contribution is 2.48. The van der Waals surface area contributed by atoms with E-state index in [1.807, 2.05) is 14.0 Å². The predicted octanol–water partition coefficient (Wildman–Crippen LogP) is 3.03. The smallest absolute Gasteiger partial charge is 0.191 e. The topological polar surface area (TPSA) is 64.1 Å². The summed E-state index contributed by atoms with van der Waals surface area (Å²) in [6.07, 6.45) is 4.75.